The van der Waals surface area contributed by atoms with E-state index in [1.807, 2.05) is 12.1 Å². The van der Waals surface area contributed by atoms with Gasteiger partial charge in [0, 0.05) is 15.8 Å². The first-order valence-corrected chi connectivity index (χ1v) is 7.70. The number of nitrogens with one attached hydrogen (secondary N) is 1. The molecule has 0 bridgehead atoms. The summed E-state index contributed by atoms with van der Waals surface area (Å²) in [6.07, 6.45) is 0. The van der Waals surface area contributed by atoms with Gasteiger partial charge in [-0.15, -0.1) is 0 Å². The fraction of sp³-hybridized carbons (Fsp3) is 0.294. The van der Waals surface area contributed by atoms with Gasteiger partial charge in [0.15, 0.2) is 0 Å². The summed E-state index contributed by atoms with van der Waals surface area (Å²) < 4.78 is 5.25. The van der Waals surface area contributed by atoms with E-state index in [1.54, 1.807) is 18.9 Å². The number of hydrogen-bond acceptors (Lipinski definition) is 3. The third-order valence-corrected chi connectivity index (χ3v) is 4.16. The van der Waals surface area contributed by atoms with Gasteiger partial charge in [0.05, 0.1) is 7.11 Å². The molecule has 1 N–H and O–H groups in total. The van der Waals surface area contributed by atoms with Gasteiger partial charge in [0.25, 0.3) is 0 Å². The second-order valence-electron chi connectivity index (χ2n) is 4.63. The summed E-state index contributed by atoms with van der Waals surface area (Å²) in [6, 6.07) is 17.3. The summed E-state index contributed by atoms with van der Waals surface area (Å²) in [5.41, 5.74) is 1.32. The predicted octanol–water partition coefficient (Wildman–Crippen LogP) is 4.52. The molecule has 0 amide bonds. The highest BCUT2D eigenvalue weighted by Crippen LogP contribution is 2.30. The van der Waals surface area contributed by atoms with Crippen LogP contribution in [0.3, 0.4) is 0 Å². The molecule has 0 spiro atoms. The molecule has 0 saturated carbocycles. The van der Waals surface area contributed by atoms with Gasteiger partial charge in [0.1, 0.15) is 5.75 Å². The Balaban J connectivity index is 2.06. The molecule has 1 unspecified atom stereocenters. The Morgan fingerprint density at radius 1 is 1.10 bits per heavy atom. The summed E-state index contributed by atoms with van der Waals surface area (Å²) in [5, 5.41) is 3.42. The van der Waals surface area contributed by atoms with E-state index in [-0.39, 0.29) is 0 Å². The van der Waals surface area contributed by atoms with Crippen LogP contribution < -0.4 is 10.1 Å². The van der Waals surface area contributed by atoms with Gasteiger partial charge in [-0.1, -0.05) is 36.9 Å². The molecule has 106 valence electrons. The van der Waals surface area contributed by atoms with E-state index in [0.29, 0.717) is 6.04 Å². The average Bonchev–Trinajstić information content (AvgIpc) is 2.48. The minimum atomic E-state index is 0.399. The third kappa shape index (κ3) is 4.02. The van der Waals surface area contributed by atoms with Crippen molar-refractivity contribution in [2.24, 2.45) is 0 Å². The zero-order valence-corrected chi connectivity index (χ0v) is 13.0. The Morgan fingerprint density at radius 3 is 2.50 bits per heavy atom. The first-order valence-electron chi connectivity index (χ1n) is 6.88. The molecule has 2 nitrogen and oxygen atoms in total. The van der Waals surface area contributed by atoms with Crippen LogP contribution in [-0.4, -0.2) is 13.7 Å². The maximum atomic E-state index is 5.25. The van der Waals surface area contributed by atoms with Crippen molar-refractivity contribution in [2.45, 2.75) is 29.7 Å². The molecule has 0 fully saturated rings. The molecule has 0 aliphatic carbocycles. The maximum absolute atomic E-state index is 5.25. The van der Waals surface area contributed by atoms with Crippen LogP contribution in [0.25, 0.3) is 0 Å². The third-order valence-electron chi connectivity index (χ3n) is 3.17. The second-order valence-corrected chi connectivity index (χ2v) is 5.78. The van der Waals surface area contributed by atoms with Crippen molar-refractivity contribution in [1.29, 1.82) is 0 Å². The molecule has 1 atom stereocenters. The standard InChI is InChI=1S/C17H21NOS/c1-4-18-13(2)14-8-10-16(11-9-14)20-17-7-5-6-15(12-17)19-3/h5-13,18H,4H2,1-3H3. The number of hydrogen-bond donors (Lipinski definition) is 1. The Kier molecular flexibility index (Phi) is 5.50. The lowest BCUT2D eigenvalue weighted by Gasteiger charge is -2.13. The van der Waals surface area contributed by atoms with Crippen molar-refractivity contribution in [3.63, 3.8) is 0 Å². The zero-order valence-electron chi connectivity index (χ0n) is 12.2. The van der Waals surface area contributed by atoms with Gasteiger partial charge in [-0.05, 0) is 49.4 Å². The Labute approximate surface area is 125 Å². The minimum Gasteiger partial charge on any atom is -0.497 e. The van der Waals surface area contributed by atoms with Crippen molar-refractivity contribution in [3.05, 3.63) is 54.1 Å². The first kappa shape index (κ1) is 14.9. The predicted molar refractivity (Wildman–Crippen MR) is 85.7 cm³/mol. The summed E-state index contributed by atoms with van der Waals surface area (Å²) in [5.74, 6) is 0.896. The van der Waals surface area contributed by atoms with E-state index in [0.717, 1.165) is 12.3 Å². The monoisotopic (exact) mass is 287 g/mol. The van der Waals surface area contributed by atoms with Gasteiger partial charge < -0.3 is 10.1 Å². The van der Waals surface area contributed by atoms with Crippen LogP contribution in [0.2, 0.25) is 0 Å². The summed E-state index contributed by atoms with van der Waals surface area (Å²) >= 11 is 1.75. The molecule has 2 aromatic rings. The van der Waals surface area contributed by atoms with Crippen molar-refractivity contribution in [1.82, 2.24) is 5.32 Å². The molecule has 2 rings (SSSR count). The molecule has 0 aliphatic rings. The summed E-state index contributed by atoms with van der Waals surface area (Å²) in [7, 11) is 1.70. The van der Waals surface area contributed by atoms with E-state index in [4.69, 9.17) is 4.74 Å². The molecule has 0 radical (unpaired) electrons. The lowest BCUT2D eigenvalue weighted by atomic mass is 10.1. The van der Waals surface area contributed by atoms with Crippen LogP contribution >= 0.6 is 11.8 Å². The molecule has 0 aromatic heterocycles. The molecule has 3 heteroatoms. The van der Waals surface area contributed by atoms with Gasteiger partial charge in [-0.2, -0.15) is 0 Å². The van der Waals surface area contributed by atoms with Gasteiger partial charge in [0.2, 0.25) is 0 Å². The number of rotatable bonds is 6. The molecule has 0 aliphatic heterocycles. The van der Waals surface area contributed by atoms with Crippen LogP contribution in [-0.2, 0) is 0 Å². The van der Waals surface area contributed by atoms with Crippen LogP contribution in [0.1, 0.15) is 25.5 Å². The lowest BCUT2D eigenvalue weighted by molar-refractivity contribution is 0.413. The topological polar surface area (TPSA) is 21.3 Å². The zero-order chi connectivity index (χ0) is 14.4. The van der Waals surface area contributed by atoms with Crippen LogP contribution in [0.15, 0.2) is 58.3 Å². The van der Waals surface area contributed by atoms with Gasteiger partial charge in [-0.25, -0.2) is 0 Å². The second kappa shape index (κ2) is 7.36. The van der Waals surface area contributed by atoms with Crippen molar-refractivity contribution in [3.8, 4) is 5.75 Å². The van der Waals surface area contributed by atoms with Crippen molar-refractivity contribution >= 4 is 11.8 Å². The van der Waals surface area contributed by atoms with Crippen LogP contribution in [0, 0.1) is 0 Å². The Bertz CT molecular complexity index is 539. The maximum Gasteiger partial charge on any atom is 0.119 e. The van der Waals surface area contributed by atoms with Gasteiger partial charge in [-0.3, -0.25) is 0 Å². The van der Waals surface area contributed by atoms with E-state index >= 15 is 0 Å². The quantitative estimate of drug-likeness (QED) is 0.844. The number of benzene rings is 2. The SMILES string of the molecule is CCNC(C)c1ccc(Sc2cccc(OC)c2)cc1. The minimum absolute atomic E-state index is 0.399. The van der Waals surface area contributed by atoms with Crippen LogP contribution in [0.4, 0.5) is 0 Å². The Morgan fingerprint density at radius 2 is 1.85 bits per heavy atom. The van der Waals surface area contributed by atoms with Crippen molar-refractivity contribution in [2.75, 3.05) is 13.7 Å². The average molecular weight is 287 g/mol. The summed E-state index contributed by atoms with van der Waals surface area (Å²) in [6.45, 7) is 5.30. The molecular weight excluding hydrogens is 266 g/mol. The van der Waals surface area contributed by atoms with Crippen molar-refractivity contribution < 1.29 is 4.74 Å². The highest BCUT2D eigenvalue weighted by molar-refractivity contribution is 7.99. The normalized spacial score (nSPS) is 12.2. The number of ether oxygens (including phenoxy) is 1. The highest BCUT2D eigenvalue weighted by atomic mass is 32.2. The number of methoxy groups -OCH3 is 1. The van der Waals surface area contributed by atoms with E-state index in [1.165, 1.54) is 15.4 Å². The molecular formula is C17H21NOS. The van der Waals surface area contributed by atoms with Gasteiger partial charge >= 0.3 is 0 Å². The smallest absolute Gasteiger partial charge is 0.119 e. The lowest BCUT2D eigenvalue weighted by Crippen LogP contribution is -2.17. The molecule has 2 aromatic carbocycles. The largest absolute Gasteiger partial charge is 0.497 e. The first-order chi connectivity index (χ1) is 9.72. The van der Waals surface area contributed by atoms with E-state index < -0.39 is 0 Å². The Hall–Kier alpha value is -1.45. The fourth-order valence-corrected chi connectivity index (χ4v) is 2.92. The fourth-order valence-electron chi connectivity index (χ4n) is 2.05. The molecule has 20 heavy (non-hydrogen) atoms. The highest BCUT2D eigenvalue weighted by Gasteiger charge is 2.04. The molecule has 0 saturated heterocycles. The van der Waals surface area contributed by atoms with Crippen LogP contribution in [0.5, 0.6) is 5.75 Å². The van der Waals surface area contributed by atoms with E-state index in [2.05, 4.69) is 55.6 Å². The summed E-state index contributed by atoms with van der Waals surface area (Å²) in [4.78, 5) is 2.43. The van der Waals surface area contributed by atoms with E-state index in [9.17, 15) is 0 Å². The molecule has 0 heterocycles.